The SMILES string of the molecule is CN(C)c1cc(N(C2CC2)C2CCN(S(=O)(=O)c3cn(C)cn3)CC2)ncn1. The molecule has 4 rings (SSSR count). The summed E-state index contributed by atoms with van der Waals surface area (Å²) in [4.78, 5) is 17.2. The largest absolute Gasteiger partial charge is 0.363 e. The van der Waals surface area contributed by atoms with Crippen molar-refractivity contribution in [1.82, 2.24) is 23.8 Å². The molecular weight excluding hydrogens is 378 g/mol. The van der Waals surface area contributed by atoms with Crippen molar-refractivity contribution in [1.29, 1.82) is 0 Å². The molecule has 9 nitrogen and oxygen atoms in total. The minimum atomic E-state index is -3.53. The first-order valence-corrected chi connectivity index (χ1v) is 11.1. The van der Waals surface area contributed by atoms with E-state index >= 15 is 0 Å². The second-order valence-corrected chi connectivity index (χ2v) is 9.66. The Kier molecular flexibility index (Phi) is 5.00. The van der Waals surface area contributed by atoms with Crippen LogP contribution in [0.25, 0.3) is 0 Å². The van der Waals surface area contributed by atoms with Crippen molar-refractivity contribution in [2.45, 2.75) is 42.8 Å². The van der Waals surface area contributed by atoms with Crippen LogP contribution in [-0.4, -0.2) is 71.5 Å². The summed E-state index contributed by atoms with van der Waals surface area (Å²) in [5, 5.41) is 0.124. The van der Waals surface area contributed by atoms with Crippen LogP contribution in [-0.2, 0) is 17.1 Å². The highest BCUT2D eigenvalue weighted by atomic mass is 32.2. The van der Waals surface area contributed by atoms with Crippen molar-refractivity contribution in [3.05, 3.63) is 24.9 Å². The molecule has 1 aliphatic carbocycles. The molecule has 1 saturated carbocycles. The average molecular weight is 406 g/mol. The number of aromatic nitrogens is 4. The third kappa shape index (κ3) is 3.70. The molecule has 2 aliphatic rings. The molecule has 10 heteroatoms. The van der Waals surface area contributed by atoms with Crippen LogP contribution >= 0.6 is 0 Å². The molecule has 2 aromatic heterocycles. The topological polar surface area (TPSA) is 87.5 Å². The Balaban J connectivity index is 1.49. The second kappa shape index (κ2) is 7.32. The molecule has 0 N–H and O–H groups in total. The average Bonchev–Trinajstić information content (AvgIpc) is 3.41. The van der Waals surface area contributed by atoms with E-state index in [1.807, 2.05) is 25.1 Å². The Bertz CT molecular complexity index is 931. The zero-order valence-corrected chi connectivity index (χ0v) is 17.4. The number of anilines is 2. The molecule has 2 aromatic rings. The maximum absolute atomic E-state index is 12.8. The summed E-state index contributed by atoms with van der Waals surface area (Å²) in [5.41, 5.74) is 0. The fraction of sp³-hybridized carbons (Fsp3) is 0.611. The zero-order valence-electron chi connectivity index (χ0n) is 16.6. The van der Waals surface area contributed by atoms with Crippen molar-refractivity contribution in [2.24, 2.45) is 7.05 Å². The molecule has 0 aromatic carbocycles. The van der Waals surface area contributed by atoms with Gasteiger partial charge >= 0.3 is 0 Å². The summed E-state index contributed by atoms with van der Waals surface area (Å²) in [5.74, 6) is 1.82. The predicted molar refractivity (Wildman–Crippen MR) is 107 cm³/mol. The standard InChI is InChI=1S/C18H27N7O2S/c1-22(2)16-10-17(20-12-19-16)25(14-4-5-14)15-6-8-24(9-7-15)28(26,27)18-11-23(3)13-21-18/h10-15H,4-9H2,1-3H3. The summed E-state index contributed by atoms with van der Waals surface area (Å²) in [6, 6.07) is 2.80. The van der Waals surface area contributed by atoms with Crippen molar-refractivity contribution in [2.75, 3.05) is 37.0 Å². The van der Waals surface area contributed by atoms with Gasteiger partial charge in [0, 0.05) is 58.6 Å². The maximum Gasteiger partial charge on any atom is 0.262 e. The number of aryl methyl sites for hydroxylation is 1. The Morgan fingerprint density at radius 2 is 1.64 bits per heavy atom. The molecule has 0 atom stereocenters. The summed E-state index contributed by atoms with van der Waals surface area (Å²) in [6.07, 6.45) is 8.57. The number of nitrogens with zero attached hydrogens (tertiary/aromatic N) is 7. The second-order valence-electron chi connectivity index (χ2n) is 7.78. The number of sulfonamides is 1. The lowest BCUT2D eigenvalue weighted by molar-refractivity contribution is 0.307. The Labute approximate surface area is 166 Å². The van der Waals surface area contributed by atoms with E-state index < -0.39 is 10.0 Å². The number of rotatable bonds is 6. The van der Waals surface area contributed by atoms with E-state index in [1.54, 1.807) is 28.4 Å². The van der Waals surface area contributed by atoms with Gasteiger partial charge in [-0.25, -0.2) is 23.4 Å². The van der Waals surface area contributed by atoms with Crippen molar-refractivity contribution in [3.8, 4) is 0 Å². The summed E-state index contributed by atoms with van der Waals surface area (Å²) in [6.45, 7) is 0.997. The Morgan fingerprint density at radius 3 is 2.21 bits per heavy atom. The molecule has 152 valence electrons. The van der Waals surface area contributed by atoms with Crippen molar-refractivity contribution in [3.63, 3.8) is 0 Å². The van der Waals surface area contributed by atoms with Crippen LogP contribution in [0.15, 0.2) is 29.9 Å². The molecule has 3 heterocycles. The Morgan fingerprint density at radius 1 is 1.00 bits per heavy atom. The normalized spacial score (nSPS) is 19.0. The van der Waals surface area contributed by atoms with E-state index in [-0.39, 0.29) is 11.1 Å². The number of imidazole rings is 1. The molecule has 0 spiro atoms. The van der Waals surface area contributed by atoms with E-state index in [4.69, 9.17) is 0 Å². The lowest BCUT2D eigenvalue weighted by Crippen LogP contribution is -2.48. The first kappa shape index (κ1) is 19.1. The molecular formula is C18H27N7O2S. The first-order valence-electron chi connectivity index (χ1n) is 9.62. The van der Waals surface area contributed by atoms with Crippen LogP contribution in [0.1, 0.15) is 25.7 Å². The quantitative estimate of drug-likeness (QED) is 0.711. The van der Waals surface area contributed by atoms with Gasteiger partial charge in [-0.05, 0) is 25.7 Å². The van der Waals surface area contributed by atoms with Gasteiger partial charge in [-0.2, -0.15) is 4.31 Å². The molecule has 0 amide bonds. The first-order chi connectivity index (χ1) is 13.4. The van der Waals surface area contributed by atoms with Gasteiger partial charge in [-0.15, -0.1) is 0 Å². The Hall–Kier alpha value is -2.20. The van der Waals surface area contributed by atoms with Gasteiger partial charge < -0.3 is 14.4 Å². The van der Waals surface area contributed by atoms with Crippen LogP contribution in [0.4, 0.5) is 11.6 Å². The number of hydrogen-bond acceptors (Lipinski definition) is 7. The van der Waals surface area contributed by atoms with Gasteiger partial charge in [0.05, 0.1) is 6.33 Å². The molecule has 1 saturated heterocycles. The third-order valence-corrected chi connectivity index (χ3v) is 7.19. The van der Waals surface area contributed by atoms with E-state index in [0.717, 1.165) is 37.3 Å². The molecule has 1 aliphatic heterocycles. The van der Waals surface area contributed by atoms with Crippen LogP contribution in [0, 0.1) is 0 Å². The lowest BCUT2D eigenvalue weighted by atomic mass is 10.0. The van der Waals surface area contributed by atoms with Gasteiger partial charge in [-0.3, -0.25) is 0 Å². The van der Waals surface area contributed by atoms with Crippen molar-refractivity contribution < 1.29 is 8.42 Å². The maximum atomic E-state index is 12.8. The molecule has 2 fully saturated rings. The minimum absolute atomic E-state index is 0.124. The minimum Gasteiger partial charge on any atom is -0.363 e. The summed E-state index contributed by atoms with van der Waals surface area (Å²) in [7, 11) is 2.18. The molecule has 0 bridgehead atoms. The predicted octanol–water partition coefficient (Wildman–Crippen LogP) is 1.10. The molecule has 28 heavy (non-hydrogen) atoms. The highest BCUT2D eigenvalue weighted by Crippen LogP contribution is 2.36. The van der Waals surface area contributed by atoms with E-state index in [9.17, 15) is 8.42 Å². The van der Waals surface area contributed by atoms with Crippen LogP contribution < -0.4 is 9.80 Å². The van der Waals surface area contributed by atoms with Gasteiger partial charge in [-0.1, -0.05) is 0 Å². The van der Waals surface area contributed by atoms with Gasteiger partial charge in [0.1, 0.15) is 18.0 Å². The molecule has 0 unspecified atom stereocenters. The van der Waals surface area contributed by atoms with E-state index in [2.05, 4.69) is 19.9 Å². The molecule has 0 radical (unpaired) electrons. The third-order valence-electron chi connectivity index (χ3n) is 5.40. The van der Waals surface area contributed by atoms with Crippen molar-refractivity contribution >= 4 is 21.7 Å². The van der Waals surface area contributed by atoms with E-state index in [0.29, 0.717) is 19.1 Å². The number of piperidine rings is 1. The van der Waals surface area contributed by atoms with Gasteiger partial charge in [0.15, 0.2) is 5.03 Å². The lowest BCUT2D eigenvalue weighted by Gasteiger charge is -2.38. The summed E-state index contributed by atoms with van der Waals surface area (Å²) >= 11 is 0. The summed E-state index contributed by atoms with van der Waals surface area (Å²) < 4.78 is 28.9. The zero-order chi connectivity index (χ0) is 19.9. The van der Waals surface area contributed by atoms with Gasteiger partial charge in [0.2, 0.25) is 0 Å². The van der Waals surface area contributed by atoms with Crippen LogP contribution in [0.5, 0.6) is 0 Å². The van der Waals surface area contributed by atoms with Crippen LogP contribution in [0.3, 0.4) is 0 Å². The highest BCUT2D eigenvalue weighted by Gasteiger charge is 2.39. The van der Waals surface area contributed by atoms with E-state index in [1.165, 1.54) is 6.33 Å². The number of hydrogen-bond donors (Lipinski definition) is 0. The monoisotopic (exact) mass is 405 g/mol. The fourth-order valence-electron chi connectivity index (χ4n) is 3.76. The fourth-order valence-corrected chi connectivity index (χ4v) is 5.20. The highest BCUT2D eigenvalue weighted by molar-refractivity contribution is 7.89. The van der Waals surface area contributed by atoms with Crippen LogP contribution in [0.2, 0.25) is 0 Å². The van der Waals surface area contributed by atoms with Gasteiger partial charge in [0.25, 0.3) is 10.0 Å². The smallest absolute Gasteiger partial charge is 0.262 e.